The van der Waals surface area contributed by atoms with E-state index in [2.05, 4.69) is 15.6 Å². The number of thiophene rings is 1. The molecule has 0 aliphatic carbocycles. The third-order valence-electron chi connectivity index (χ3n) is 2.72. The van der Waals surface area contributed by atoms with Gasteiger partial charge in [-0.25, -0.2) is 4.79 Å². The van der Waals surface area contributed by atoms with Crippen molar-refractivity contribution < 1.29 is 37.0 Å². The number of carbonyl (C=O) groups excluding carboxylic acids is 3. The third-order valence-corrected chi connectivity index (χ3v) is 3.59. The van der Waals surface area contributed by atoms with Crippen LogP contribution in [0.2, 0.25) is 0 Å². The van der Waals surface area contributed by atoms with Crippen LogP contribution in [0.4, 0.5) is 13.2 Å². The van der Waals surface area contributed by atoms with E-state index in [0.29, 0.717) is 4.88 Å². The molecule has 0 radical (unpaired) electrons. The van der Waals surface area contributed by atoms with Crippen LogP contribution in [0.5, 0.6) is 5.75 Å². The highest BCUT2D eigenvalue weighted by molar-refractivity contribution is 7.12. The van der Waals surface area contributed by atoms with Crippen molar-refractivity contribution in [2.24, 2.45) is 0 Å². The van der Waals surface area contributed by atoms with Crippen LogP contribution in [0.1, 0.15) is 20.0 Å². The molecule has 7 nitrogen and oxygen atoms in total. The largest absolute Gasteiger partial charge is 0.573 e. The lowest BCUT2D eigenvalue weighted by atomic mass is 10.2. The second-order valence-corrected chi connectivity index (χ2v) is 5.58. The van der Waals surface area contributed by atoms with Gasteiger partial charge in [0.05, 0.1) is 10.4 Å². The summed E-state index contributed by atoms with van der Waals surface area (Å²) in [5.41, 5.74) is 4.12. The molecule has 0 unspecified atom stereocenters. The molecule has 0 fully saturated rings. The number of carbonyl (C=O) groups is 3. The molecular formula is C15H11F3N2O5S. The minimum atomic E-state index is -4.84. The predicted molar refractivity (Wildman–Crippen MR) is 83.3 cm³/mol. The first-order valence-corrected chi connectivity index (χ1v) is 7.78. The number of ether oxygens (including phenoxy) is 2. The van der Waals surface area contributed by atoms with E-state index in [0.717, 1.165) is 24.3 Å². The Bertz CT molecular complexity index is 776. The second kappa shape index (κ2) is 8.34. The van der Waals surface area contributed by atoms with Crippen molar-refractivity contribution in [3.05, 3.63) is 52.2 Å². The van der Waals surface area contributed by atoms with Crippen LogP contribution in [0.15, 0.2) is 41.8 Å². The number of esters is 1. The summed E-state index contributed by atoms with van der Waals surface area (Å²) in [5.74, 6) is -2.74. The van der Waals surface area contributed by atoms with Crippen molar-refractivity contribution in [1.82, 2.24) is 10.9 Å². The zero-order valence-electron chi connectivity index (χ0n) is 12.8. The molecule has 1 aromatic carbocycles. The molecule has 1 heterocycles. The highest BCUT2D eigenvalue weighted by Gasteiger charge is 2.31. The van der Waals surface area contributed by atoms with Crippen LogP contribution in [0.25, 0.3) is 0 Å². The van der Waals surface area contributed by atoms with Gasteiger partial charge in [-0.1, -0.05) is 6.07 Å². The number of alkyl halides is 3. The maximum Gasteiger partial charge on any atom is 0.573 e. The van der Waals surface area contributed by atoms with Crippen molar-refractivity contribution >= 4 is 29.1 Å². The van der Waals surface area contributed by atoms with E-state index in [1.54, 1.807) is 17.5 Å². The smallest absolute Gasteiger partial charge is 0.452 e. The Kier molecular flexibility index (Phi) is 6.17. The lowest BCUT2D eigenvalue weighted by Crippen LogP contribution is -2.43. The minimum Gasteiger partial charge on any atom is -0.452 e. The summed E-state index contributed by atoms with van der Waals surface area (Å²) in [6.45, 7) is -0.690. The molecule has 11 heteroatoms. The van der Waals surface area contributed by atoms with E-state index >= 15 is 0 Å². The molecule has 26 heavy (non-hydrogen) atoms. The van der Waals surface area contributed by atoms with Crippen LogP contribution in [0.3, 0.4) is 0 Å². The maximum absolute atomic E-state index is 12.0. The van der Waals surface area contributed by atoms with E-state index in [1.807, 2.05) is 0 Å². The lowest BCUT2D eigenvalue weighted by molar-refractivity contribution is -0.274. The van der Waals surface area contributed by atoms with Gasteiger partial charge in [0, 0.05) is 0 Å². The molecule has 0 spiro atoms. The molecule has 2 N–H and O–H groups in total. The SMILES string of the molecule is O=C(COC(=O)c1ccc(OC(F)(F)F)cc1)NNC(=O)c1cccs1. The summed E-state index contributed by atoms with van der Waals surface area (Å²) in [6, 6.07) is 7.20. The van der Waals surface area contributed by atoms with Crippen LogP contribution in [-0.4, -0.2) is 30.8 Å². The van der Waals surface area contributed by atoms with E-state index in [4.69, 9.17) is 4.74 Å². The first kappa shape index (κ1) is 19.2. The van der Waals surface area contributed by atoms with Crippen LogP contribution in [-0.2, 0) is 9.53 Å². The van der Waals surface area contributed by atoms with Crippen molar-refractivity contribution in [3.8, 4) is 5.75 Å². The average molecular weight is 388 g/mol. The van der Waals surface area contributed by atoms with Gasteiger partial charge < -0.3 is 9.47 Å². The van der Waals surface area contributed by atoms with E-state index in [-0.39, 0.29) is 5.56 Å². The van der Waals surface area contributed by atoms with Gasteiger partial charge in [0.1, 0.15) is 5.75 Å². The number of hydrogen-bond acceptors (Lipinski definition) is 6. The molecule has 2 amide bonds. The summed E-state index contributed by atoms with van der Waals surface area (Å²) in [7, 11) is 0. The number of benzene rings is 1. The minimum absolute atomic E-state index is 0.0741. The number of hydrazine groups is 1. The van der Waals surface area contributed by atoms with Gasteiger partial charge in [-0.3, -0.25) is 20.4 Å². The molecule has 0 bridgehead atoms. The van der Waals surface area contributed by atoms with Gasteiger partial charge in [0.2, 0.25) is 0 Å². The second-order valence-electron chi connectivity index (χ2n) is 4.63. The highest BCUT2D eigenvalue weighted by Crippen LogP contribution is 2.22. The summed E-state index contributed by atoms with van der Waals surface area (Å²) in [6.07, 6.45) is -4.84. The van der Waals surface area contributed by atoms with Crippen molar-refractivity contribution in [3.63, 3.8) is 0 Å². The molecule has 138 valence electrons. The highest BCUT2D eigenvalue weighted by atomic mass is 32.1. The summed E-state index contributed by atoms with van der Waals surface area (Å²) in [5, 5.41) is 1.68. The molecule has 0 saturated carbocycles. The molecule has 2 rings (SSSR count). The number of amides is 2. The zero-order chi connectivity index (χ0) is 19.2. The molecule has 0 aliphatic heterocycles. The fourth-order valence-electron chi connectivity index (χ4n) is 1.64. The number of nitrogens with one attached hydrogen (secondary N) is 2. The van der Waals surface area contributed by atoms with Gasteiger partial charge in [0.25, 0.3) is 11.8 Å². The number of hydrogen-bond donors (Lipinski definition) is 2. The molecule has 1 aromatic heterocycles. The molecule has 0 aliphatic rings. The summed E-state index contributed by atoms with van der Waals surface area (Å²) < 4.78 is 44.5. The summed E-state index contributed by atoms with van der Waals surface area (Å²) >= 11 is 1.17. The zero-order valence-corrected chi connectivity index (χ0v) is 13.6. The Morgan fingerprint density at radius 1 is 1.04 bits per heavy atom. The van der Waals surface area contributed by atoms with E-state index in [9.17, 15) is 27.6 Å². The van der Waals surface area contributed by atoms with Crippen molar-refractivity contribution in [2.75, 3.05) is 6.61 Å². The first-order valence-electron chi connectivity index (χ1n) is 6.90. The monoisotopic (exact) mass is 388 g/mol. The van der Waals surface area contributed by atoms with Gasteiger partial charge in [-0.05, 0) is 35.7 Å². The normalized spacial score (nSPS) is 10.7. The Morgan fingerprint density at radius 3 is 2.31 bits per heavy atom. The van der Waals surface area contributed by atoms with Crippen LogP contribution < -0.4 is 15.6 Å². The molecular weight excluding hydrogens is 377 g/mol. The predicted octanol–water partition coefficient (Wildman–Crippen LogP) is 2.26. The molecule has 0 atom stereocenters. The Morgan fingerprint density at radius 2 is 1.73 bits per heavy atom. The first-order chi connectivity index (χ1) is 12.2. The van der Waals surface area contributed by atoms with Crippen LogP contribution in [0, 0.1) is 0 Å². The maximum atomic E-state index is 12.0. The Hall–Kier alpha value is -3.08. The number of rotatable bonds is 5. The Balaban J connectivity index is 1.77. The van der Waals surface area contributed by atoms with E-state index < -0.39 is 36.5 Å². The van der Waals surface area contributed by atoms with Gasteiger partial charge in [0.15, 0.2) is 6.61 Å². The lowest BCUT2D eigenvalue weighted by Gasteiger charge is -2.09. The molecule has 2 aromatic rings. The topological polar surface area (TPSA) is 93.7 Å². The van der Waals surface area contributed by atoms with Gasteiger partial charge in [-0.15, -0.1) is 24.5 Å². The third kappa shape index (κ3) is 6.09. The van der Waals surface area contributed by atoms with Gasteiger partial charge in [-0.2, -0.15) is 0 Å². The number of halogens is 3. The van der Waals surface area contributed by atoms with E-state index in [1.165, 1.54) is 11.3 Å². The molecule has 0 saturated heterocycles. The quantitative estimate of drug-likeness (QED) is 0.605. The average Bonchev–Trinajstić information content (AvgIpc) is 3.11. The van der Waals surface area contributed by atoms with Crippen molar-refractivity contribution in [2.45, 2.75) is 6.36 Å². The standard InChI is InChI=1S/C15H11F3N2O5S/c16-15(17,18)25-10-5-3-9(4-6-10)14(23)24-8-12(21)19-20-13(22)11-2-1-7-26-11/h1-7H,8H2,(H,19,21)(H,20,22). The fraction of sp³-hybridized carbons (Fsp3) is 0.133. The van der Waals surface area contributed by atoms with Crippen molar-refractivity contribution in [1.29, 1.82) is 0 Å². The summed E-state index contributed by atoms with van der Waals surface area (Å²) in [4.78, 5) is 35.2. The van der Waals surface area contributed by atoms with Gasteiger partial charge >= 0.3 is 12.3 Å². The fourth-order valence-corrected chi connectivity index (χ4v) is 2.26. The van der Waals surface area contributed by atoms with Crippen LogP contribution >= 0.6 is 11.3 Å². The Labute approximate surface area is 148 Å².